The zero-order chi connectivity index (χ0) is 55.2. The molecule has 0 saturated carbocycles. The van der Waals surface area contributed by atoms with Crippen LogP contribution in [0.25, 0.3) is 44.2 Å². The van der Waals surface area contributed by atoms with E-state index < -0.39 is 0 Å². The highest BCUT2D eigenvalue weighted by Gasteiger charge is 2.06. The topological polar surface area (TPSA) is 0 Å². The van der Waals surface area contributed by atoms with Crippen molar-refractivity contribution in [3.8, 4) is 46.2 Å². The van der Waals surface area contributed by atoms with Gasteiger partial charge in [0.05, 0.1) is 0 Å². The van der Waals surface area contributed by atoms with E-state index in [0.29, 0.717) is 17.8 Å². The second-order valence-corrected chi connectivity index (χ2v) is 20.0. The molecule has 3 atom stereocenters. The molecule has 9 aromatic carbocycles. The van der Waals surface area contributed by atoms with Crippen LogP contribution in [-0.2, 0) is 6.42 Å². The molecule has 9 aromatic rings. The van der Waals surface area contributed by atoms with E-state index in [0.717, 1.165) is 6.42 Å². The molecule has 0 aromatic heterocycles. The van der Waals surface area contributed by atoms with Gasteiger partial charge in [0.2, 0.25) is 0 Å². The predicted octanol–water partition coefficient (Wildman–Crippen LogP) is 21.9. The van der Waals surface area contributed by atoms with Gasteiger partial charge < -0.3 is 0 Å². The summed E-state index contributed by atoms with van der Waals surface area (Å²) in [5, 5.41) is 2.62. The summed E-state index contributed by atoms with van der Waals surface area (Å²) in [5.41, 5.74) is 18.5. The smallest absolute Gasteiger partial charge is 0.000732 e. The first kappa shape index (κ1) is 59.6. The summed E-state index contributed by atoms with van der Waals surface area (Å²) in [6.45, 7) is 19.7. The van der Waals surface area contributed by atoms with Crippen molar-refractivity contribution >= 4 is 10.8 Å². The number of terminal acetylenes is 1. The Morgan fingerprint density at radius 2 is 0.844 bits per heavy atom. The van der Waals surface area contributed by atoms with Crippen LogP contribution in [0.4, 0.5) is 0 Å². The SMILES string of the molecule is C#C.CCC(C)c1ccc(-c2ccc(-c3ccc(C)cc3)cc2)cc1.CCC(C)c1ccccc1.Cc1ccc(-c2cccc3ccccc23)cc1.Cc1ccc(C/C=C\C=C2\C=CC=CC2C)cc1.Cc1ccccc1. The average Bonchev–Trinajstić information content (AvgIpc) is 3.49. The first-order chi connectivity index (χ1) is 37.5. The van der Waals surface area contributed by atoms with E-state index in [1.54, 1.807) is 0 Å². The van der Waals surface area contributed by atoms with Crippen molar-refractivity contribution < 1.29 is 0 Å². The Labute approximate surface area is 465 Å². The Bertz CT molecular complexity index is 3190. The zero-order valence-corrected chi connectivity index (χ0v) is 47.4. The third kappa shape index (κ3) is 20.1. The minimum Gasteiger partial charge on any atom is -0.124 e. The lowest BCUT2D eigenvalue weighted by atomic mass is 9.95. The normalized spacial score (nSPS) is 13.4. The molecule has 3 unspecified atom stereocenters. The first-order valence-corrected chi connectivity index (χ1v) is 27.5. The molecule has 0 bridgehead atoms. The fourth-order valence-electron chi connectivity index (χ4n) is 8.58. The van der Waals surface area contributed by atoms with Crippen LogP contribution in [0.5, 0.6) is 0 Å². The van der Waals surface area contributed by atoms with Gasteiger partial charge in [-0.25, -0.2) is 0 Å². The second kappa shape index (κ2) is 32.9. The largest absolute Gasteiger partial charge is 0.124 e. The number of allylic oxidation sites excluding steroid dienone is 8. The first-order valence-electron chi connectivity index (χ1n) is 27.5. The summed E-state index contributed by atoms with van der Waals surface area (Å²) in [7, 11) is 0. The third-order valence-electron chi connectivity index (χ3n) is 14.0. The molecule has 0 nitrogen and oxygen atoms in total. The molecule has 0 aliphatic heterocycles. The highest BCUT2D eigenvalue weighted by atomic mass is 14.1. The van der Waals surface area contributed by atoms with E-state index in [1.807, 2.05) is 18.2 Å². The maximum atomic E-state index is 4.00. The van der Waals surface area contributed by atoms with Gasteiger partial charge in [-0.15, -0.1) is 12.8 Å². The van der Waals surface area contributed by atoms with Gasteiger partial charge in [-0.2, -0.15) is 0 Å². The molecule has 390 valence electrons. The number of hydrogen-bond donors (Lipinski definition) is 0. The van der Waals surface area contributed by atoms with Crippen molar-refractivity contribution in [3.05, 3.63) is 312 Å². The van der Waals surface area contributed by atoms with E-state index in [-0.39, 0.29) is 0 Å². The molecular weight excluding hydrogens is 925 g/mol. The quantitative estimate of drug-likeness (QED) is 0.120. The van der Waals surface area contributed by atoms with Gasteiger partial charge in [0.25, 0.3) is 0 Å². The van der Waals surface area contributed by atoms with E-state index >= 15 is 0 Å². The summed E-state index contributed by atoms with van der Waals surface area (Å²) in [5.74, 6) is 1.87. The Morgan fingerprint density at radius 1 is 0.429 bits per heavy atom. The molecule has 77 heavy (non-hydrogen) atoms. The van der Waals surface area contributed by atoms with Crippen LogP contribution in [0.1, 0.15) is 98.2 Å². The van der Waals surface area contributed by atoms with Crippen molar-refractivity contribution in [3.63, 3.8) is 0 Å². The fourth-order valence-corrected chi connectivity index (χ4v) is 8.58. The number of fused-ring (bicyclic) bond motifs is 1. The minimum atomic E-state index is 0.527. The summed E-state index contributed by atoms with van der Waals surface area (Å²) in [6, 6.07) is 79.9. The molecule has 0 N–H and O–H groups in total. The van der Waals surface area contributed by atoms with E-state index in [4.69, 9.17) is 0 Å². The minimum absolute atomic E-state index is 0.527. The molecule has 10 rings (SSSR count). The Hall–Kier alpha value is -8.24. The van der Waals surface area contributed by atoms with Crippen molar-refractivity contribution in [1.29, 1.82) is 0 Å². The van der Waals surface area contributed by atoms with Crippen LogP contribution < -0.4 is 0 Å². The van der Waals surface area contributed by atoms with Gasteiger partial charge >= 0.3 is 0 Å². The van der Waals surface area contributed by atoms with Crippen molar-refractivity contribution in [1.82, 2.24) is 0 Å². The Morgan fingerprint density at radius 3 is 1.34 bits per heavy atom. The average molecular weight is 1010 g/mol. The Balaban J connectivity index is 0.000000184. The molecule has 0 fully saturated rings. The van der Waals surface area contributed by atoms with Gasteiger partial charge in [-0.05, 0) is 131 Å². The van der Waals surface area contributed by atoms with E-state index in [9.17, 15) is 0 Å². The van der Waals surface area contributed by atoms with Crippen LogP contribution in [-0.4, -0.2) is 0 Å². The van der Waals surface area contributed by atoms with Crippen molar-refractivity contribution in [2.75, 3.05) is 0 Å². The van der Waals surface area contributed by atoms with Gasteiger partial charge in [0, 0.05) is 0 Å². The molecule has 0 heterocycles. The summed E-state index contributed by atoms with van der Waals surface area (Å²) < 4.78 is 0. The summed E-state index contributed by atoms with van der Waals surface area (Å²) >= 11 is 0. The fraction of sp³-hybridized carbons (Fsp3) is 0.195. The zero-order valence-electron chi connectivity index (χ0n) is 47.4. The summed E-state index contributed by atoms with van der Waals surface area (Å²) in [4.78, 5) is 0. The number of aryl methyl sites for hydroxylation is 4. The molecular formula is C77H82. The monoisotopic (exact) mass is 1010 g/mol. The number of rotatable bonds is 10. The number of hydrogen-bond acceptors (Lipinski definition) is 0. The lowest BCUT2D eigenvalue weighted by Gasteiger charge is -2.10. The van der Waals surface area contributed by atoms with E-state index in [2.05, 4.69) is 324 Å². The van der Waals surface area contributed by atoms with Crippen LogP contribution in [0.2, 0.25) is 0 Å². The molecule has 1 aliphatic rings. The summed E-state index contributed by atoms with van der Waals surface area (Å²) in [6.07, 6.45) is 26.6. The highest BCUT2D eigenvalue weighted by molar-refractivity contribution is 5.96. The lowest BCUT2D eigenvalue weighted by molar-refractivity contribution is 0.733. The van der Waals surface area contributed by atoms with Gasteiger partial charge in [0.1, 0.15) is 0 Å². The molecule has 1 aliphatic carbocycles. The van der Waals surface area contributed by atoms with Gasteiger partial charge in [0.15, 0.2) is 0 Å². The van der Waals surface area contributed by atoms with Crippen LogP contribution in [0.3, 0.4) is 0 Å². The lowest BCUT2D eigenvalue weighted by Crippen LogP contribution is -1.94. The standard InChI is InChI=1S/C23H24.C18H20.C17H14.C10H14.C7H8.C2H2/c1-4-18(3)19-9-11-21(12-10-19)23-15-13-22(14-16-23)20-7-5-17(2)6-8-20;1-15-11-13-17(14-12-15)8-4-6-10-18-9-5-3-7-16(18)2;1-13-9-11-15(12-10-13)17-8-4-6-14-5-2-3-7-16(14)17;1-3-9(2)10-7-5-4-6-8-10;1-7-5-3-2-4-6-7;1-2/h5-16,18H,4H2,1-3H3;3-7,9-14,16H,8H2,1-2H3;2-12H,1H3;4-9H,3H2,1-2H3;2-6H,1H3;1-2H/b;6-4-,18-10-;;;;. The van der Waals surface area contributed by atoms with Crippen molar-refractivity contribution in [2.24, 2.45) is 5.92 Å². The maximum absolute atomic E-state index is 4.00. The molecule has 0 saturated heterocycles. The van der Waals surface area contributed by atoms with Gasteiger partial charge in [-0.3, -0.25) is 0 Å². The predicted molar refractivity (Wildman–Crippen MR) is 341 cm³/mol. The third-order valence-corrected chi connectivity index (χ3v) is 14.0. The van der Waals surface area contributed by atoms with Crippen LogP contribution in [0.15, 0.2) is 273 Å². The maximum Gasteiger partial charge on any atom is -0.000732 e. The number of benzene rings is 9. The highest BCUT2D eigenvalue weighted by Crippen LogP contribution is 2.30. The van der Waals surface area contributed by atoms with Gasteiger partial charge in [-0.1, -0.05) is 324 Å². The van der Waals surface area contributed by atoms with Crippen LogP contribution >= 0.6 is 0 Å². The van der Waals surface area contributed by atoms with E-state index in [1.165, 1.54) is 102 Å². The Kier molecular flexibility index (Phi) is 25.5. The van der Waals surface area contributed by atoms with Crippen molar-refractivity contribution in [2.45, 2.75) is 93.4 Å². The second-order valence-electron chi connectivity index (χ2n) is 20.0. The molecule has 0 amide bonds. The van der Waals surface area contributed by atoms with Crippen LogP contribution in [0, 0.1) is 46.5 Å². The molecule has 0 radical (unpaired) electrons. The molecule has 0 spiro atoms. The molecule has 0 heteroatoms.